The van der Waals surface area contributed by atoms with Gasteiger partial charge in [-0.2, -0.15) is 0 Å². The van der Waals surface area contributed by atoms with Gasteiger partial charge in [-0.05, 0) is 13.0 Å². The minimum atomic E-state index is 0.404. The molecule has 1 heterocycles. The molecular weight excluding hydrogens is 258 g/mol. The van der Waals surface area contributed by atoms with E-state index < -0.39 is 0 Å². The van der Waals surface area contributed by atoms with Crippen LogP contribution in [0, 0.1) is 6.92 Å². The maximum absolute atomic E-state index is 5.78. The van der Waals surface area contributed by atoms with Gasteiger partial charge < -0.3 is 5.73 Å². The smallest absolute Gasteiger partial charge is 0.160 e. The molecule has 3 aromatic rings. The van der Waals surface area contributed by atoms with E-state index in [1.54, 1.807) is 0 Å². The molecule has 0 aliphatic carbocycles. The molecule has 0 fully saturated rings. The highest BCUT2D eigenvalue weighted by molar-refractivity contribution is 5.64. The second-order valence-electron chi connectivity index (χ2n) is 5.00. The number of aromatic nitrogens is 2. The van der Waals surface area contributed by atoms with Crippen molar-refractivity contribution in [2.45, 2.75) is 13.5 Å². The molecule has 3 heteroatoms. The molecule has 3 rings (SSSR count). The van der Waals surface area contributed by atoms with Crippen LogP contribution < -0.4 is 5.73 Å². The minimum Gasteiger partial charge on any atom is -0.325 e. The number of nitrogens with two attached hydrogens (primary N) is 1. The average Bonchev–Trinajstić information content (AvgIpc) is 2.56. The van der Waals surface area contributed by atoms with Gasteiger partial charge in [0, 0.05) is 17.7 Å². The van der Waals surface area contributed by atoms with E-state index >= 15 is 0 Å². The zero-order valence-corrected chi connectivity index (χ0v) is 12.0. The van der Waals surface area contributed by atoms with Crippen LogP contribution in [0.4, 0.5) is 0 Å². The van der Waals surface area contributed by atoms with Gasteiger partial charge in [-0.25, -0.2) is 9.97 Å². The highest BCUT2D eigenvalue weighted by Gasteiger charge is 2.07. The fourth-order valence-electron chi connectivity index (χ4n) is 2.19. The summed E-state index contributed by atoms with van der Waals surface area (Å²) < 4.78 is 0. The predicted octanol–water partition coefficient (Wildman–Crippen LogP) is 3.58. The molecule has 0 saturated heterocycles. The summed E-state index contributed by atoms with van der Waals surface area (Å²) in [5.74, 6) is 0.719. The number of nitrogens with zero attached hydrogens (tertiary/aromatic N) is 2. The SMILES string of the molecule is Cc1ccc(-c2nc(CN)cc(-c3ccccc3)n2)cc1. The van der Waals surface area contributed by atoms with E-state index in [0.717, 1.165) is 28.3 Å². The van der Waals surface area contributed by atoms with Gasteiger partial charge in [0.15, 0.2) is 5.82 Å². The Morgan fingerprint density at radius 2 is 1.57 bits per heavy atom. The molecule has 0 bridgehead atoms. The summed E-state index contributed by atoms with van der Waals surface area (Å²) >= 11 is 0. The Balaban J connectivity index is 2.11. The van der Waals surface area contributed by atoms with Crippen LogP contribution in [-0.4, -0.2) is 9.97 Å². The van der Waals surface area contributed by atoms with Crippen LogP contribution in [0.3, 0.4) is 0 Å². The van der Waals surface area contributed by atoms with Crippen LogP contribution in [0.25, 0.3) is 22.6 Å². The number of rotatable bonds is 3. The molecule has 0 atom stereocenters. The standard InChI is InChI=1S/C18H17N3/c1-13-7-9-15(10-8-13)18-20-16(12-19)11-17(21-18)14-5-3-2-4-6-14/h2-11H,12,19H2,1H3. The third-order valence-electron chi connectivity index (χ3n) is 3.37. The Hall–Kier alpha value is -2.52. The first-order valence-corrected chi connectivity index (χ1v) is 6.97. The Morgan fingerprint density at radius 3 is 2.24 bits per heavy atom. The molecule has 0 amide bonds. The summed E-state index contributed by atoms with van der Waals surface area (Å²) in [5, 5.41) is 0. The van der Waals surface area contributed by atoms with Crippen LogP contribution in [0.2, 0.25) is 0 Å². The minimum absolute atomic E-state index is 0.404. The lowest BCUT2D eigenvalue weighted by molar-refractivity contribution is 0.972. The summed E-state index contributed by atoms with van der Waals surface area (Å²) in [6.07, 6.45) is 0. The van der Waals surface area contributed by atoms with Gasteiger partial charge in [0.05, 0.1) is 11.4 Å². The van der Waals surface area contributed by atoms with Gasteiger partial charge in [-0.15, -0.1) is 0 Å². The molecular formula is C18H17N3. The van der Waals surface area contributed by atoms with Gasteiger partial charge in [-0.3, -0.25) is 0 Å². The molecule has 0 aliphatic rings. The molecule has 0 radical (unpaired) electrons. The Labute approximate surface area is 124 Å². The maximum Gasteiger partial charge on any atom is 0.160 e. The van der Waals surface area contributed by atoms with E-state index in [9.17, 15) is 0 Å². The van der Waals surface area contributed by atoms with E-state index in [1.807, 2.05) is 48.5 Å². The summed E-state index contributed by atoms with van der Waals surface area (Å²) in [5.41, 5.74) is 10.8. The van der Waals surface area contributed by atoms with E-state index in [1.165, 1.54) is 5.56 Å². The van der Waals surface area contributed by atoms with Crippen LogP contribution in [0.1, 0.15) is 11.3 Å². The molecule has 2 N–H and O–H groups in total. The van der Waals surface area contributed by atoms with Crippen molar-refractivity contribution in [1.29, 1.82) is 0 Å². The summed E-state index contributed by atoms with van der Waals surface area (Å²) in [6.45, 7) is 2.47. The fraction of sp³-hybridized carbons (Fsp3) is 0.111. The van der Waals surface area contributed by atoms with Crippen molar-refractivity contribution in [3.8, 4) is 22.6 Å². The van der Waals surface area contributed by atoms with Crippen molar-refractivity contribution < 1.29 is 0 Å². The molecule has 0 spiro atoms. The van der Waals surface area contributed by atoms with Crippen molar-refractivity contribution >= 4 is 0 Å². The lowest BCUT2D eigenvalue weighted by Crippen LogP contribution is -2.03. The maximum atomic E-state index is 5.78. The topological polar surface area (TPSA) is 51.8 Å². The molecule has 3 nitrogen and oxygen atoms in total. The van der Waals surface area contributed by atoms with Crippen LogP contribution >= 0.6 is 0 Å². The van der Waals surface area contributed by atoms with Gasteiger partial charge >= 0.3 is 0 Å². The van der Waals surface area contributed by atoms with E-state index in [4.69, 9.17) is 5.73 Å². The summed E-state index contributed by atoms with van der Waals surface area (Å²) in [7, 11) is 0. The lowest BCUT2D eigenvalue weighted by Gasteiger charge is -2.08. The quantitative estimate of drug-likeness (QED) is 0.795. The van der Waals surface area contributed by atoms with Crippen molar-refractivity contribution in [3.63, 3.8) is 0 Å². The molecule has 104 valence electrons. The molecule has 21 heavy (non-hydrogen) atoms. The Bertz CT molecular complexity index is 734. The third kappa shape index (κ3) is 2.98. The molecule has 1 aromatic heterocycles. The van der Waals surface area contributed by atoms with Gasteiger partial charge in [0.1, 0.15) is 0 Å². The van der Waals surface area contributed by atoms with E-state index in [0.29, 0.717) is 6.54 Å². The number of hydrogen-bond donors (Lipinski definition) is 1. The third-order valence-corrected chi connectivity index (χ3v) is 3.37. The second-order valence-corrected chi connectivity index (χ2v) is 5.00. The Kier molecular flexibility index (Phi) is 3.75. The van der Waals surface area contributed by atoms with E-state index in [2.05, 4.69) is 29.0 Å². The van der Waals surface area contributed by atoms with Gasteiger partial charge in [-0.1, -0.05) is 60.2 Å². The van der Waals surface area contributed by atoms with Gasteiger partial charge in [0.25, 0.3) is 0 Å². The molecule has 0 unspecified atom stereocenters. The number of hydrogen-bond acceptors (Lipinski definition) is 3. The van der Waals surface area contributed by atoms with E-state index in [-0.39, 0.29) is 0 Å². The molecule has 0 saturated carbocycles. The van der Waals surface area contributed by atoms with Crippen LogP contribution in [-0.2, 0) is 6.54 Å². The second kappa shape index (κ2) is 5.85. The largest absolute Gasteiger partial charge is 0.325 e. The first-order valence-electron chi connectivity index (χ1n) is 6.97. The van der Waals surface area contributed by atoms with Crippen molar-refractivity contribution in [2.75, 3.05) is 0 Å². The Morgan fingerprint density at radius 1 is 0.857 bits per heavy atom. The van der Waals surface area contributed by atoms with Gasteiger partial charge in [0.2, 0.25) is 0 Å². The highest BCUT2D eigenvalue weighted by Crippen LogP contribution is 2.22. The first-order chi connectivity index (χ1) is 10.3. The highest BCUT2D eigenvalue weighted by atomic mass is 14.9. The number of aryl methyl sites for hydroxylation is 1. The number of benzene rings is 2. The fourth-order valence-corrected chi connectivity index (χ4v) is 2.19. The normalized spacial score (nSPS) is 10.6. The first kappa shape index (κ1) is 13.5. The summed E-state index contributed by atoms with van der Waals surface area (Å²) in [6, 6.07) is 20.3. The van der Waals surface area contributed by atoms with Crippen molar-refractivity contribution in [3.05, 3.63) is 71.9 Å². The zero-order valence-electron chi connectivity index (χ0n) is 12.0. The monoisotopic (exact) mass is 275 g/mol. The predicted molar refractivity (Wildman–Crippen MR) is 85.5 cm³/mol. The summed E-state index contributed by atoms with van der Waals surface area (Å²) in [4.78, 5) is 9.23. The van der Waals surface area contributed by atoms with Crippen LogP contribution in [0.15, 0.2) is 60.7 Å². The molecule has 0 aliphatic heterocycles. The van der Waals surface area contributed by atoms with Crippen molar-refractivity contribution in [1.82, 2.24) is 9.97 Å². The molecule has 2 aromatic carbocycles. The lowest BCUT2D eigenvalue weighted by atomic mass is 10.1. The van der Waals surface area contributed by atoms with Crippen molar-refractivity contribution in [2.24, 2.45) is 5.73 Å². The zero-order chi connectivity index (χ0) is 14.7. The van der Waals surface area contributed by atoms with Crippen LogP contribution in [0.5, 0.6) is 0 Å². The average molecular weight is 275 g/mol.